The number of carbonyl (C=O) groups is 2. The first-order valence-corrected chi connectivity index (χ1v) is 14.0. The first-order chi connectivity index (χ1) is 22.0. The van der Waals surface area contributed by atoms with Gasteiger partial charge in [-0.15, -0.1) is 0 Å². The SMILES string of the molecule is COc1ccc(/C=C/C(=O)O[C@H]2[C@H](O)[C@@H](CO)O[C@@]2(CO)O[C@@H]2O[C@H](COC(=O)c3ccc(O)cc3)[C@@H](O)[C@H](O)[C@H]2O)cc1OC. The van der Waals surface area contributed by atoms with E-state index in [1.807, 2.05) is 0 Å². The van der Waals surface area contributed by atoms with Crippen molar-refractivity contribution in [1.29, 1.82) is 0 Å². The van der Waals surface area contributed by atoms with Crippen molar-refractivity contribution in [3.8, 4) is 17.2 Å². The fourth-order valence-electron chi connectivity index (χ4n) is 4.88. The van der Waals surface area contributed by atoms with Crippen molar-refractivity contribution in [1.82, 2.24) is 0 Å². The Bertz CT molecular complexity index is 1370. The Kier molecular flexibility index (Phi) is 11.5. The van der Waals surface area contributed by atoms with E-state index < -0.39 is 86.6 Å². The largest absolute Gasteiger partial charge is 0.508 e. The molecule has 0 radical (unpaired) electrons. The lowest BCUT2D eigenvalue weighted by molar-refractivity contribution is -0.383. The summed E-state index contributed by atoms with van der Waals surface area (Å²) < 4.78 is 37.8. The molecule has 7 N–H and O–H groups in total. The maximum absolute atomic E-state index is 12.8. The number of methoxy groups -OCH3 is 2. The molecule has 252 valence electrons. The summed E-state index contributed by atoms with van der Waals surface area (Å²) in [6.45, 7) is -2.55. The van der Waals surface area contributed by atoms with E-state index in [1.165, 1.54) is 44.6 Å². The number of aromatic hydroxyl groups is 1. The normalized spacial score (nSPS) is 31.0. The molecule has 2 heterocycles. The van der Waals surface area contributed by atoms with Crippen molar-refractivity contribution in [3.05, 3.63) is 59.7 Å². The van der Waals surface area contributed by atoms with E-state index in [4.69, 9.17) is 33.2 Å². The molecule has 0 aromatic heterocycles. The monoisotopic (exact) mass is 652 g/mol. The standard InChI is InChI=1S/C30H36O16/c1-40-18-9-3-15(11-19(18)41-2)4-10-22(34)44-27-24(36)20(12-31)45-30(27,14-32)46-29-26(38)25(37)23(35)21(43-29)13-42-28(39)16-5-7-17(33)8-6-16/h3-11,20-21,23-27,29,31-33,35-38H,12-14H2,1-2H3/b10-4+/t20-,21-,23-,24-,25+,26-,27+,29+,30+/m1/s1. The maximum atomic E-state index is 12.8. The highest BCUT2D eigenvalue weighted by atomic mass is 16.8. The van der Waals surface area contributed by atoms with Gasteiger partial charge in [0.05, 0.1) is 26.4 Å². The molecule has 16 nitrogen and oxygen atoms in total. The van der Waals surface area contributed by atoms with Crippen LogP contribution in [0.1, 0.15) is 15.9 Å². The average molecular weight is 653 g/mol. The lowest BCUT2D eigenvalue weighted by atomic mass is 9.98. The molecule has 2 aromatic rings. The number of carbonyl (C=O) groups excluding carboxylic acids is 2. The van der Waals surface area contributed by atoms with Crippen LogP contribution in [0.2, 0.25) is 0 Å². The van der Waals surface area contributed by atoms with Gasteiger partial charge in [0.25, 0.3) is 0 Å². The summed E-state index contributed by atoms with van der Waals surface area (Å²) in [6.07, 6.45) is -11.7. The molecule has 2 aliphatic heterocycles. The van der Waals surface area contributed by atoms with Crippen LogP contribution in [-0.2, 0) is 28.5 Å². The van der Waals surface area contributed by atoms with Crippen molar-refractivity contribution in [3.63, 3.8) is 0 Å². The summed E-state index contributed by atoms with van der Waals surface area (Å²) in [5, 5.41) is 72.0. The van der Waals surface area contributed by atoms with Gasteiger partial charge in [-0.1, -0.05) is 6.07 Å². The topological polar surface area (TPSA) is 240 Å². The average Bonchev–Trinajstić information content (AvgIpc) is 3.33. The van der Waals surface area contributed by atoms with Crippen molar-refractivity contribution in [2.24, 2.45) is 0 Å². The highest BCUT2D eigenvalue weighted by Gasteiger charge is 2.60. The number of phenols is 1. The zero-order valence-corrected chi connectivity index (χ0v) is 24.7. The minimum Gasteiger partial charge on any atom is -0.508 e. The van der Waals surface area contributed by atoms with Gasteiger partial charge in [-0.2, -0.15) is 0 Å². The van der Waals surface area contributed by atoms with Crippen LogP contribution in [0.4, 0.5) is 0 Å². The van der Waals surface area contributed by atoms with Crippen LogP contribution in [0, 0.1) is 0 Å². The lowest BCUT2D eigenvalue weighted by Gasteiger charge is -2.43. The van der Waals surface area contributed by atoms with Crippen LogP contribution < -0.4 is 9.47 Å². The second kappa shape index (κ2) is 15.2. The third-order valence-electron chi connectivity index (χ3n) is 7.40. The van der Waals surface area contributed by atoms with E-state index in [0.717, 1.165) is 6.08 Å². The highest BCUT2D eigenvalue weighted by molar-refractivity contribution is 5.89. The minimum atomic E-state index is -2.44. The van der Waals surface area contributed by atoms with Crippen molar-refractivity contribution in [2.75, 3.05) is 34.0 Å². The third-order valence-corrected chi connectivity index (χ3v) is 7.40. The predicted molar refractivity (Wildman–Crippen MR) is 152 cm³/mol. The number of esters is 2. The van der Waals surface area contributed by atoms with Gasteiger partial charge >= 0.3 is 11.9 Å². The molecule has 16 heteroatoms. The number of aliphatic hydroxyl groups is 6. The molecule has 0 amide bonds. The van der Waals surface area contributed by atoms with Crippen LogP contribution in [0.5, 0.6) is 17.2 Å². The van der Waals surface area contributed by atoms with Crippen molar-refractivity contribution in [2.45, 2.75) is 54.8 Å². The van der Waals surface area contributed by atoms with Gasteiger partial charge in [-0.3, -0.25) is 0 Å². The number of aliphatic hydroxyl groups excluding tert-OH is 6. The zero-order valence-electron chi connectivity index (χ0n) is 24.7. The van der Waals surface area contributed by atoms with E-state index in [1.54, 1.807) is 18.2 Å². The Morgan fingerprint density at radius 1 is 0.891 bits per heavy atom. The van der Waals surface area contributed by atoms with Crippen molar-refractivity contribution < 1.29 is 78.5 Å². The van der Waals surface area contributed by atoms with E-state index in [9.17, 15) is 45.3 Å². The first-order valence-electron chi connectivity index (χ1n) is 14.0. The van der Waals surface area contributed by atoms with E-state index in [2.05, 4.69) is 0 Å². The molecule has 0 aliphatic carbocycles. The van der Waals surface area contributed by atoms with Gasteiger partial charge in [-0.25, -0.2) is 9.59 Å². The van der Waals surface area contributed by atoms with Gasteiger partial charge in [0, 0.05) is 6.08 Å². The molecule has 9 atom stereocenters. The fraction of sp³-hybridized carbons (Fsp3) is 0.467. The summed E-state index contributed by atoms with van der Waals surface area (Å²) in [6, 6.07) is 9.90. The van der Waals surface area contributed by atoms with Crippen LogP contribution in [0.3, 0.4) is 0 Å². The van der Waals surface area contributed by atoms with Crippen LogP contribution >= 0.6 is 0 Å². The van der Waals surface area contributed by atoms with E-state index in [0.29, 0.717) is 17.1 Å². The zero-order chi connectivity index (χ0) is 33.6. The Labute approximate surface area is 262 Å². The van der Waals surface area contributed by atoms with E-state index in [-0.39, 0.29) is 11.3 Å². The molecule has 46 heavy (non-hydrogen) atoms. The maximum Gasteiger partial charge on any atom is 0.338 e. The number of hydrogen-bond donors (Lipinski definition) is 7. The first kappa shape index (κ1) is 35.0. The summed E-state index contributed by atoms with van der Waals surface area (Å²) in [5.41, 5.74) is 0.572. The molecule has 0 spiro atoms. The second-order valence-electron chi connectivity index (χ2n) is 10.4. The molecular weight excluding hydrogens is 616 g/mol. The molecule has 0 saturated carbocycles. The number of rotatable bonds is 12. The lowest BCUT2D eigenvalue weighted by Crippen LogP contribution is -2.63. The van der Waals surface area contributed by atoms with Gasteiger partial charge in [0.15, 0.2) is 23.9 Å². The van der Waals surface area contributed by atoms with Gasteiger partial charge in [0.1, 0.15) is 55.6 Å². The summed E-state index contributed by atoms with van der Waals surface area (Å²) in [5.74, 6) is -3.57. The Hall–Kier alpha value is -3.84. The molecule has 4 rings (SSSR count). The minimum absolute atomic E-state index is 0.0592. The number of benzene rings is 2. The van der Waals surface area contributed by atoms with Crippen molar-refractivity contribution >= 4 is 18.0 Å². The molecule has 2 saturated heterocycles. The van der Waals surface area contributed by atoms with Gasteiger partial charge in [-0.05, 0) is 48.0 Å². The molecule has 2 aromatic carbocycles. The van der Waals surface area contributed by atoms with Crippen LogP contribution in [0.25, 0.3) is 6.08 Å². The second-order valence-corrected chi connectivity index (χ2v) is 10.4. The quantitative estimate of drug-likeness (QED) is 0.101. The highest BCUT2D eigenvalue weighted by Crippen LogP contribution is 2.38. The summed E-state index contributed by atoms with van der Waals surface area (Å²) in [7, 11) is 2.90. The van der Waals surface area contributed by atoms with Gasteiger partial charge < -0.3 is 68.9 Å². The number of phenolic OH excluding ortho intramolecular Hbond substituents is 1. The van der Waals surface area contributed by atoms with E-state index >= 15 is 0 Å². The molecule has 0 bridgehead atoms. The Morgan fingerprint density at radius 3 is 2.22 bits per heavy atom. The summed E-state index contributed by atoms with van der Waals surface area (Å²) >= 11 is 0. The molecular formula is C30H36O16. The molecule has 2 fully saturated rings. The molecule has 0 unspecified atom stereocenters. The summed E-state index contributed by atoms with van der Waals surface area (Å²) in [4.78, 5) is 25.2. The molecule has 2 aliphatic rings. The van der Waals surface area contributed by atoms with Crippen LogP contribution in [0.15, 0.2) is 48.5 Å². The Balaban J connectivity index is 1.49. The Morgan fingerprint density at radius 2 is 1.59 bits per heavy atom. The van der Waals surface area contributed by atoms with Crippen LogP contribution in [-0.4, -0.2) is 137 Å². The fourth-order valence-corrected chi connectivity index (χ4v) is 4.88. The smallest absolute Gasteiger partial charge is 0.338 e. The third kappa shape index (κ3) is 7.58. The number of ether oxygens (including phenoxy) is 7. The predicted octanol–water partition coefficient (Wildman–Crippen LogP) is -1.54. The number of hydrogen-bond acceptors (Lipinski definition) is 16. The van der Waals surface area contributed by atoms with Gasteiger partial charge in [0.2, 0.25) is 5.79 Å².